The van der Waals surface area contributed by atoms with Gasteiger partial charge in [-0.2, -0.15) is 0 Å². The first-order chi connectivity index (χ1) is 10.1. The molecule has 0 saturated carbocycles. The zero-order valence-corrected chi connectivity index (χ0v) is 14.4. The minimum Gasteiger partial charge on any atom is -0.327 e. The molecule has 3 N–H and O–H groups in total. The van der Waals surface area contributed by atoms with Crippen LogP contribution in [0.1, 0.15) is 38.7 Å². The lowest BCUT2D eigenvalue weighted by Crippen LogP contribution is -2.51. The van der Waals surface area contributed by atoms with Gasteiger partial charge in [0.25, 0.3) is 0 Å². The first-order valence-electron chi connectivity index (χ1n) is 7.98. The summed E-state index contributed by atoms with van der Waals surface area (Å²) < 4.78 is 0. The molecule has 1 amide bonds. The summed E-state index contributed by atoms with van der Waals surface area (Å²) in [6.45, 7) is 5.55. The molecule has 1 fully saturated rings. The van der Waals surface area contributed by atoms with E-state index in [2.05, 4.69) is 29.3 Å². The second-order valence-corrected chi connectivity index (χ2v) is 5.99. The lowest BCUT2D eigenvalue weighted by molar-refractivity contribution is -0.118. The number of carbonyl (C=O) groups excluding carboxylic acids is 1. The molecule has 124 valence electrons. The number of halogens is 1. The molecule has 5 heteroatoms. The Balaban J connectivity index is 0.00000242. The van der Waals surface area contributed by atoms with E-state index in [9.17, 15) is 4.79 Å². The number of likely N-dealkylation sites (tertiary alicyclic amines) is 1. The fraction of sp³-hybridized carbons (Fsp3) is 0.588. The van der Waals surface area contributed by atoms with Gasteiger partial charge in [0.1, 0.15) is 0 Å². The van der Waals surface area contributed by atoms with Gasteiger partial charge in [0, 0.05) is 17.8 Å². The smallest absolute Gasteiger partial charge is 0.238 e. The third-order valence-corrected chi connectivity index (χ3v) is 4.26. The van der Waals surface area contributed by atoms with Crippen molar-refractivity contribution in [3.05, 3.63) is 29.8 Å². The maximum atomic E-state index is 12.2. The highest BCUT2D eigenvalue weighted by atomic mass is 35.5. The van der Waals surface area contributed by atoms with Gasteiger partial charge in [-0.3, -0.25) is 9.69 Å². The SMILES string of the molecule is CCc1ccc(NC(=O)CN2CCCCC2C(C)N)cc1.Cl. The minimum atomic E-state index is 0. The van der Waals surface area contributed by atoms with Gasteiger partial charge in [-0.1, -0.05) is 25.5 Å². The van der Waals surface area contributed by atoms with Gasteiger partial charge in [0.05, 0.1) is 6.54 Å². The van der Waals surface area contributed by atoms with Crippen molar-refractivity contribution in [3.63, 3.8) is 0 Å². The minimum absolute atomic E-state index is 0. The van der Waals surface area contributed by atoms with E-state index < -0.39 is 0 Å². The molecule has 0 aromatic heterocycles. The Morgan fingerprint density at radius 3 is 2.64 bits per heavy atom. The summed E-state index contributed by atoms with van der Waals surface area (Å²) in [5.74, 6) is 0.0480. The van der Waals surface area contributed by atoms with Crippen LogP contribution in [0.15, 0.2) is 24.3 Å². The van der Waals surface area contributed by atoms with Crippen molar-refractivity contribution in [1.82, 2.24) is 4.90 Å². The molecule has 2 unspecified atom stereocenters. The predicted molar refractivity (Wildman–Crippen MR) is 94.6 cm³/mol. The van der Waals surface area contributed by atoms with Crippen LogP contribution >= 0.6 is 12.4 Å². The first-order valence-corrected chi connectivity index (χ1v) is 7.98. The predicted octanol–water partition coefficient (Wildman–Crippen LogP) is 2.81. The molecule has 1 heterocycles. The van der Waals surface area contributed by atoms with Gasteiger partial charge >= 0.3 is 0 Å². The average molecular weight is 326 g/mol. The molecule has 0 spiro atoms. The number of hydrogen-bond acceptors (Lipinski definition) is 3. The molecule has 2 rings (SSSR count). The Kier molecular flexibility index (Phi) is 7.87. The number of piperidine rings is 1. The second-order valence-electron chi connectivity index (χ2n) is 5.99. The van der Waals surface area contributed by atoms with E-state index in [1.165, 1.54) is 12.0 Å². The van der Waals surface area contributed by atoms with E-state index in [0.717, 1.165) is 31.5 Å². The van der Waals surface area contributed by atoms with E-state index in [4.69, 9.17) is 5.73 Å². The zero-order valence-electron chi connectivity index (χ0n) is 13.5. The molecule has 1 aromatic carbocycles. The van der Waals surface area contributed by atoms with E-state index >= 15 is 0 Å². The van der Waals surface area contributed by atoms with Crippen LogP contribution in [0.5, 0.6) is 0 Å². The van der Waals surface area contributed by atoms with E-state index in [0.29, 0.717) is 12.6 Å². The number of nitrogens with zero attached hydrogens (tertiary/aromatic N) is 1. The van der Waals surface area contributed by atoms with Gasteiger partial charge in [-0.15, -0.1) is 12.4 Å². The van der Waals surface area contributed by atoms with Gasteiger partial charge in [0.15, 0.2) is 0 Å². The molecule has 1 saturated heterocycles. The monoisotopic (exact) mass is 325 g/mol. The van der Waals surface area contributed by atoms with Crippen LogP contribution in [-0.2, 0) is 11.2 Å². The summed E-state index contributed by atoms with van der Waals surface area (Å²) in [4.78, 5) is 14.4. The molecular weight excluding hydrogens is 298 g/mol. The largest absolute Gasteiger partial charge is 0.327 e. The van der Waals surface area contributed by atoms with Gasteiger partial charge in [-0.25, -0.2) is 0 Å². The van der Waals surface area contributed by atoms with Gasteiger partial charge in [-0.05, 0) is 50.4 Å². The van der Waals surface area contributed by atoms with Crippen molar-refractivity contribution in [3.8, 4) is 0 Å². The fourth-order valence-corrected chi connectivity index (χ4v) is 3.02. The number of aryl methyl sites for hydroxylation is 1. The molecule has 1 aliphatic rings. The topological polar surface area (TPSA) is 58.4 Å². The summed E-state index contributed by atoms with van der Waals surface area (Å²) in [6.07, 6.45) is 4.47. The number of amides is 1. The van der Waals surface area contributed by atoms with Crippen LogP contribution in [0, 0.1) is 0 Å². The molecular formula is C17H28ClN3O. The number of rotatable bonds is 5. The van der Waals surface area contributed by atoms with Crippen LogP contribution < -0.4 is 11.1 Å². The number of nitrogens with one attached hydrogen (secondary N) is 1. The lowest BCUT2D eigenvalue weighted by Gasteiger charge is -2.37. The average Bonchev–Trinajstić information content (AvgIpc) is 2.48. The summed E-state index contributed by atoms with van der Waals surface area (Å²) >= 11 is 0. The van der Waals surface area contributed by atoms with E-state index in [1.54, 1.807) is 0 Å². The normalized spacial score (nSPS) is 20.0. The van der Waals surface area contributed by atoms with Crippen LogP contribution in [0.3, 0.4) is 0 Å². The van der Waals surface area contributed by atoms with E-state index in [-0.39, 0.29) is 24.4 Å². The lowest BCUT2D eigenvalue weighted by atomic mass is 9.97. The third kappa shape index (κ3) is 5.27. The van der Waals surface area contributed by atoms with Crippen molar-refractivity contribution in [2.24, 2.45) is 5.73 Å². The summed E-state index contributed by atoms with van der Waals surface area (Å²) in [5.41, 5.74) is 8.19. The van der Waals surface area contributed by atoms with E-state index in [1.807, 2.05) is 19.1 Å². The standard InChI is InChI=1S/C17H27N3O.ClH/c1-3-14-7-9-15(10-8-14)19-17(21)12-20-11-5-4-6-16(20)13(2)18;/h7-10,13,16H,3-6,11-12,18H2,1-2H3,(H,19,21);1H. The van der Waals surface area contributed by atoms with Crippen molar-refractivity contribution in [2.75, 3.05) is 18.4 Å². The number of carbonyl (C=O) groups is 1. The molecule has 2 atom stereocenters. The van der Waals surface area contributed by atoms with Crippen LogP contribution in [0.2, 0.25) is 0 Å². The quantitative estimate of drug-likeness (QED) is 0.875. The number of hydrogen-bond donors (Lipinski definition) is 2. The van der Waals surface area contributed by atoms with Crippen LogP contribution in [0.25, 0.3) is 0 Å². The molecule has 22 heavy (non-hydrogen) atoms. The summed E-state index contributed by atoms with van der Waals surface area (Å²) in [7, 11) is 0. The van der Waals surface area contributed by atoms with Crippen LogP contribution in [0.4, 0.5) is 5.69 Å². The maximum Gasteiger partial charge on any atom is 0.238 e. The summed E-state index contributed by atoms with van der Waals surface area (Å²) in [6, 6.07) is 8.49. The Morgan fingerprint density at radius 2 is 2.05 bits per heavy atom. The number of nitrogens with two attached hydrogens (primary N) is 1. The Hall–Kier alpha value is -1.10. The number of benzene rings is 1. The third-order valence-electron chi connectivity index (χ3n) is 4.26. The van der Waals surface area contributed by atoms with Crippen LogP contribution in [-0.4, -0.2) is 36.0 Å². The maximum absolute atomic E-state index is 12.2. The highest BCUT2D eigenvalue weighted by molar-refractivity contribution is 5.92. The van der Waals surface area contributed by atoms with Crippen molar-refractivity contribution in [2.45, 2.75) is 51.6 Å². The Bertz CT molecular complexity index is 461. The number of anilines is 1. The Labute approximate surface area is 139 Å². The van der Waals surface area contributed by atoms with Gasteiger partial charge in [0.2, 0.25) is 5.91 Å². The molecule has 1 aliphatic heterocycles. The highest BCUT2D eigenvalue weighted by Crippen LogP contribution is 2.19. The first kappa shape index (κ1) is 18.9. The Morgan fingerprint density at radius 1 is 1.36 bits per heavy atom. The summed E-state index contributed by atoms with van der Waals surface area (Å²) in [5, 5.41) is 2.98. The van der Waals surface area contributed by atoms with Crippen molar-refractivity contribution < 1.29 is 4.79 Å². The van der Waals surface area contributed by atoms with Gasteiger partial charge < -0.3 is 11.1 Å². The fourth-order valence-electron chi connectivity index (χ4n) is 3.02. The zero-order chi connectivity index (χ0) is 15.2. The molecule has 0 radical (unpaired) electrons. The van der Waals surface area contributed by atoms with Crippen molar-refractivity contribution >= 4 is 24.0 Å². The molecule has 0 aliphatic carbocycles. The molecule has 4 nitrogen and oxygen atoms in total. The molecule has 1 aromatic rings. The second kappa shape index (κ2) is 9.13. The highest BCUT2D eigenvalue weighted by Gasteiger charge is 2.26. The molecule has 0 bridgehead atoms. The van der Waals surface area contributed by atoms with Crippen molar-refractivity contribution in [1.29, 1.82) is 0 Å².